The fraction of sp³-hybridized carbons (Fsp3) is 0.786. The van der Waals surface area contributed by atoms with Gasteiger partial charge in [0.1, 0.15) is 0 Å². The third-order valence-corrected chi connectivity index (χ3v) is 3.22. The summed E-state index contributed by atoms with van der Waals surface area (Å²) in [5, 5.41) is 7.88. The summed E-state index contributed by atoms with van der Waals surface area (Å²) in [6.07, 6.45) is 7.72. The normalized spacial score (nSPS) is 12.0. The molecule has 0 aliphatic carbocycles. The summed E-state index contributed by atoms with van der Waals surface area (Å²) in [7, 11) is 0. The van der Waals surface area contributed by atoms with Crippen molar-refractivity contribution in [1.29, 1.82) is 0 Å². The van der Waals surface area contributed by atoms with Crippen LogP contribution >= 0.6 is 0 Å². The highest BCUT2D eigenvalue weighted by molar-refractivity contribution is 5.16. The quantitative estimate of drug-likeness (QED) is 0.704. The number of nitrogens with zero attached hydrogens (tertiary/aromatic N) is 2. The molecule has 1 aromatic heterocycles. The number of aryl methyl sites for hydroxylation is 1. The zero-order chi connectivity index (χ0) is 12.7. The van der Waals surface area contributed by atoms with Gasteiger partial charge in [-0.2, -0.15) is 5.10 Å². The van der Waals surface area contributed by atoms with Crippen LogP contribution < -0.4 is 5.32 Å². The van der Waals surface area contributed by atoms with Gasteiger partial charge in [-0.3, -0.25) is 4.68 Å². The maximum absolute atomic E-state index is 4.41. The molecule has 0 saturated heterocycles. The maximum Gasteiger partial charge on any atom is 0.0527 e. The molecule has 3 nitrogen and oxygen atoms in total. The summed E-state index contributed by atoms with van der Waals surface area (Å²) in [6.45, 7) is 12.2. The minimum atomic E-state index is 0.215. The van der Waals surface area contributed by atoms with Gasteiger partial charge in [0.2, 0.25) is 0 Å². The molecule has 1 heterocycles. The number of hydrogen-bond acceptors (Lipinski definition) is 2. The highest BCUT2D eigenvalue weighted by atomic mass is 15.3. The smallest absolute Gasteiger partial charge is 0.0527 e. The Hall–Kier alpha value is -0.830. The third kappa shape index (κ3) is 4.50. The minimum Gasteiger partial charge on any atom is -0.317 e. The first kappa shape index (κ1) is 14.2. The van der Waals surface area contributed by atoms with Crippen LogP contribution in [0.5, 0.6) is 0 Å². The van der Waals surface area contributed by atoms with E-state index in [0.717, 1.165) is 32.5 Å². The molecule has 98 valence electrons. The molecule has 17 heavy (non-hydrogen) atoms. The molecule has 0 saturated carbocycles. The summed E-state index contributed by atoms with van der Waals surface area (Å²) in [4.78, 5) is 0. The zero-order valence-electron chi connectivity index (χ0n) is 11.8. The van der Waals surface area contributed by atoms with E-state index in [9.17, 15) is 0 Å². The molecule has 0 aliphatic rings. The summed E-state index contributed by atoms with van der Waals surface area (Å²) >= 11 is 0. The van der Waals surface area contributed by atoms with E-state index >= 15 is 0 Å². The first-order chi connectivity index (χ1) is 8.10. The molecule has 0 unspecified atom stereocenters. The lowest BCUT2D eigenvalue weighted by Crippen LogP contribution is -2.25. The van der Waals surface area contributed by atoms with Crippen molar-refractivity contribution in [2.45, 2.75) is 58.9 Å². The Morgan fingerprint density at radius 2 is 2.00 bits per heavy atom. The Balaban J connectivity index is 2.49. The number of hydrogen-bond donors (Lipinski definition) is 1. The van der Waals surface area contributed by atoms with Crippen LogP contribution in [0.3, 0.4) is 0 Å². The van der Waals surface area contributed by atoms with Gasteiger partial charge in [-0.15, -0.1) is 0 Å². The van der Waals surface area contributed by atoms with Crippen molar-refractivity contribution in [2.75, 3.05) is 13.1 Å². The van der Waals surface area contributed by atoms with Crippen LogP contribution in [-0.4, -0.2) is 22.9 Å². The number of nitrogens with one attached hydrogen (secondary N) is 1. The lowest BCUT2D eigenvalue weighted by Gasteiger charge is -2.23. The van der Waals surface area contributed by atoms with Crippen molar-refractivity contribution in [2.24, 2.45) is 0 Å². The second kappa shape index (κ2) is 6.80. The molecule has 0 aromatic carbocycles. The molecule has 1 N–H and O–H groups in total. The molecular weight excluding hydrogens is 210 g/mol. The molecule has 0 spiro atoms. The van der Waals surface area contributed by atoms with Crippen molar-refractivity contribution < 1.29 is 0 Å². The van der Waals surface area contributed by atoms with Crippen molar-refractivity contribution in [3.63, 3.8) is 0 Å². The molecule has 1 rings (SSSR count). The van der Waals surface area contributed by atoms with Crippen LogP contribution in [-0.2, 0) is 12.0 Å². The van der Waals surface area contributed by atoms with Crippen LogP contribution in [0.4, 0.5) is 0 Å². The van der Waals surface area contributed by atoms with Gasteiger partial charge in [0.15, 0.2) is 0 Å². The second-order valence-corrected chi connectivity index (χ2v) is 5.38. The van der Waals surface area contributed by atoms with Crippen molar-refractivity contribution in [3.8, 4) is 0 Å². The Morgan fingerprint density at radius 1 is 1.24 bits per heavy atom. The molecule has 1 aromatic rings. The fourth-order valence-corrected chi connectivity index (χ4v) is 1.91. The third-order valence-electron chi connectivity index (χ3n) is 3.22. The van der Waals surface area contributed by atoms with Crippen LogP contribution in [0.2, 0.25) is 0 Å². The van der Waals surface area contributed by atoms with E-state index in [2.05, 4.69) is 49.0 Å². The highest BCUT2D eigenvalue weighted by Crippen LogP contribution is 2.25. The Labute approximate surface area is 106 Å². The highest BCUT2D eigenvalue weighted by Gasteiger charge is 2.21. The molecule has 0 radical (unpaired) electrons. The van der Waals surface area contributed by atoms with Gasteiger partial charge < -0.3 is 5.32 Å². The number of rotatable bonds is 8. The van der Waals surface area contributed by atoms with Gasteiger partial charge >= 0.3 is 0 Å². The van der Waals surface area contributed by atoms with Gasteiger partial charge in [-0.05, 0) is 43.3 Å². The number of aromatic nitrogens is 2. The van der Waals surface area contributed by atoms with Crippen LogP contribution in [0.25, 0.3) is 0 Å². The topological polar surface area (TPSA) is 29.9 Å². The Kier molecular flexibility index (Phi) is 5.69. The summed E-state index contributed by atoms with van der Waals surface area (Å²) in [5.74, 6) is 0. The molecule has 0 amide bonds. The van der Waals surface area contributed by atoms with Gasteiger partial charge in [0, 0.05) is 12.7 Å². The van der Waals surface area contributed by atoms with Gasteiger partial charge in [-0.25, -0.2) is 0 Å². The monoisotopic (exact) mass is 237 g/mol. The SMILES string of the molecule is CCCNCCC(C)(C)c1cnn(CCC)c1. The standard InChI is InChI=1S/C14H27N3/c1-5-8-15-9-7-14(3,4)13-11-16-17(12-13)10-6-2/h11-12,15H,5-10H2,1-4H3. The lowest BCUT2D eigenvalue weighted by molar-refractivity contribution is 0.456. The minimum absolute atomic E-state index is 0.215. The Morgan fingerprint density at radius 3 is 2.65 bits per heavy atom. The molecule has 3 heteroatoms. The van der Waals surface area contributed by atoms with Gasteiger partial charge in [-0.1, -0.05) is 27.7 Å². The van der Waals surface area contributed by atoms with Gasteiger partial charge in [0.25, 0.3) is 0 Å². The molecule has 0 atom stereocenters. The van der Waals surface area contributed by atoms with E-state index in [-0.39, 0.29) is 5.41 Å². The van der Waals surface area contributed by atoms with E-state index in [4.69, 9.17) is 0 Å². The Bertz CT molecular complexity index is 315. The summed E-state index contributed by atoms with van der Waals surface area (Å²) in [5.41, 5.74) is 1.57. The van der Waals surface area contributed by atoms with Crippen LogP contribution in [0.1, 0.15) is 52.5 Å². The van der Waals surface area contributed by atoms with Crippen molar-refractivity contribution >= 4 is 0 Å². The van der Waals surface area contributed by atoms with E-state index < -0.39 is 0 Å². The predicted molar refractivity (Wildman–Crippen MR) is 73.3 cm³/mol. The van der Waals surface area contributed by atoms with Crippen molar-refractivity contribution in [1.82, 2.24) is 15.1 Å². The first-order valence-corrected chi connectivity index (χ1v) is 6.83. The average molecular weight is 237 g/mol. The summed E-state index contributed by atoms with van der Waals surface area (Å²) in [6, 6.07) is 0. The molecule has 0 aliphatic heterocycles. The average Bonchev–Trinajstić information content (AvgIpc) is 2.74. The lowest BCUT2D eigenvalue weighted by atomic mass is 9.83. The van der Waals surface area contributed by atoms with E-state index in [1.807, 2.05) is 6.20 Å². The second-order valence-electron chi connectivity index (χ2n) is 5.38. The van der Waals surface area contributed by atoms with Crippen molar-refractivity contribution in [3.05, 3.63) is 18.0 Å². The van der Waals surface area contributed by atoms with Crippen LogP contribution in [0, 0.1) is 0 Å². The largest absolute Gasteiger partial charge is 0.317 e. The van der Waals surface area contributed by atoms with E-state index in [0.29, 0.717) is 0 Å². The van der Waals surface area contributed by atoms with Crippen LogP contribution in [0.15, 0.2) is 12.4 Å². The first-order valence-electron chi connectivity index (χ1n) is 6.83. The summed E-state index contributed by atoms with van der Waals surface area (Å²) < 4.78 is 2.05. The fourth-order valence-electron chi connectivity index (χ4n) is 1.91. The zero-order valence-corrected chi connectivity index (χ0v) is 11.8. The molecule has 0 fully saturated rings. The van der Waals surface area contributed by atoms with E-state index in [1.54, 1.807) is 0 Å². The predicted octanol–water partition coefficient (Wildman–Crippen LogP) is 2.96. The molecular formula is C14H27N3. The van der Waals surface area contributed by atoms with Gasteiger partial charge in [0.05, 0.1) is 6.20 Å². The van der Waals surface area contributed by atoms with E-state index in [1.165, 1.54) is 12.0 Å². The maximum atomic E-state index is 4.41. The molecule has 0 bridgehead atoms.